The molecule has 0 bridgehead atoms. The number of hydrogen-bond acceptors (Lipinski definition) is 12. The zero-order valence-electron chi connectivity index (χ0n) is 38.7. The molecule has 0 spiro atoms. The lowest BCUT2D eigenvalue weighted by atomic mass is 9.80. The quantitative estimate of drug-likeness (QED) is 0.0237. The number of benzene rings is 4. The molecule has 2 aromatic heterocycles. The number of nitriles is 1. The molecule has 1 fully saturated rings. The Bertz CT molecular complexity index is 2470. The highest BCUT2D eigenvalue weighted by molar-refractivity contribution is 7.44. The van der Waals surface area contributed by atoms with Crippen LogP contribution in [0.1, 0.15) is 69.0 Å². The summed E-state index contributed by atoms with van der Waals surface area (Å²) < 4.78 is 43.9. The lowest BCUT2D eigenvalue weighted by Crippen LogP contribution is -2.39. The fourth-order valence-corrected chi connectivity index (χ4v) is 9.91. The minimum Gasteiger partial charge on any atom is -0.497 e. The van der Waals surface area contributed by atoms with Gasteiger partial charge in [-0.05, 0) is 75.6 Å². The van der Waals surface area contributed by atoms with Gasteiger partial charge in [0.25, 0.3) is 8.53 Å². The zero-order valence-corrected chi connectivity index (χ0v) is 39.6. The third-order valence-corrected chi connectivity index (χ3v) is 13.3. The number of fused-ring (bicyclic) bond motifs is 1. The van der Waals surface area contributed by atoms with Crippen LogP contribution in [0.25, 0.3) is 22.6 Å². The van der Waals surface area contributed by atoms with Crippen molar-refractivity contribution >= 4 is 31.8 Å². The summed E-state index contributed by atoms with van der Waals surface area (Å²) in [4.78, 5) is 21.0. The number of aromatic nitrogens is 4. The molecule has 0 N–H and O–H groups in total. The van der Waals surface area contributed by atoms with E-state index in [0.29, 0.717) is 29.2 Å². The van der Waals surface area contributed by atoms with Crippen molar-refractivity contribution in [3.8, 4) is 29.0 Å². The molecule has 4 aromatic carbocycles. The Morgan fingerprint density at radius 3 is 2.06 bits per heavy atom. The number of imidazole rings is 1. The van der Waals surface area contributed by atoms with Gasteiger partial charge in [0.1, 0.15) is 41.6 Å². The zero-order chi connectivity index (χ0) is 46.1. The van der Waals surface area contributed by atoms with E-state index in [1.165, 1.54) is 6.33 Å². The Morgan fingerprint density at radius 2 is 1.49 bits per heavy atom. The van der Waals surface area contributed by atoms with E-state index in [1.54, 1.807) is 20.6 Å². The topological polar surface area (TPSA) is 142 Å². The van der Waals surface area contributed by atoms with Gasteiger partial charge < -0.3 is 32.9 Å². The van der Waals surface area contributed by atoms with Crippen LogP contribution in [-0.4, -0.2) is 101 Å². The van der Waals surface area contributed by atoms with Gasteiger partial charge >= 0.3 is 0 Å². The molecule has 1 unspecified atom stereocenters. The van der Waals surface area contributed by atoms with E-state index < -0.39 is 32.6 Å². The summed E-state index contributed by atoms with van der Waals surface area (Å²) in [6.45, 7) is 10.9. The second kappa shape index (κ2) is 21.5. The third-order valence-electron chi connectivity index (χ3n) is 11.2. The molecule has 7 rings (SSSR count). The van der Waals surface area contributed by atoms with Gasteiger partial charge in [-0.1, -0.05) is 84.4 Å². The van der Waals surface area contributed by atoms with Crippen LogP contribution in [-0.2, 0) is 24.1 Å². The van der Waals surface area contributed by atoms with E-state index in [9.17, 15) is 5.26 Å². The Morgan fingerprint density at radius 1 is 0.877 bits per heavy atom. The summed E-state index contributed by atoms with van der Waals surface area (Å²) in [5.74, 6) is 2.54. The molecule has 0 amide bonds. The van der Waals surface area contributed by atoms with Crippen LogP contribution in [0.4, 0.5) is 5.82 Å². The van der Waals surface area contributed by atoms with E-state index in [-0.39, 0.29) is 31.7 Å². The molecule has 14 nitrogen and oxygen atoms in total. The normalized spacial score (nSPS) is 17.1. The third kappa shape index (κ3) is 10.5. The first-order valence-electron chi connectivity index (χ1n) is 21.9. The predicted octanol–water partition coefficient (Wildman–Crippen LogP) is 10.00. The first-order valence-corrected chi connectivity index (χ1v) is 23.0. The SMILES string of the molecule is COc1ccc(C(OC[C@H]2O[C@@H](n3c(-c4ccc(C)cc4)nc4c(N=CN(C)C)ncnc43)C[C@@H]2OP(OCCC#N)N(C(C)C)C(C)C)(c2ccccc2)c2ccc(OC)cc2)cc1. The molecule has 1 aliphatic heterocycles. The maximum atomic E-state index is 9.53. The number of hydrogen-bond donors (Lipinski definition) is 0. The van der Waals surface area contributed by atoms with Gasteiger partial charge in [0.2, 0.25) is 0 Å². The molecule has 15 heteroatoms. The van der Waals surface area contributed by atoms with Gasteiger partial charge in [-0.15, -0.1) is 0 Å². The molecule has 0 radical (unpaired) electrons. The number of rotatable bonds is 20. The number of nitrogens with zero attached hydrogens (tertiary/aromatic N) is 8. The van der Waals surface area contributed by atoms with E-state index in [0.717, 1.165) is 39.3 Å². The van der Waals surface area contributed by atoms with Crippen molar-refractivity contribution in [3.63, 3.8) is 0 Å². The average molecular weight is 899 g/mol. The summed E-state index contributed by atoms with van der Waals surface area (Å²) in [6.07, 6.45) is 2.02. The Balaban J connectivity index is 1.38. The van der Waals surface area contributed by atoms with Gasteiger partial charge in [0, 0.05) is 38.2 Å². The van der Waals surface area contributed by atoms with Crippen LogP contribution in [0.3, 0.4) is 0 Å². The number of aliphatic imine (C=N–C) groups is 1. The predicted molar refractivity (Wildman–Crippen MR) is 254 cm³/mol. The van der Waals surface area contributed by atoms with Crippen LogP contribution in [0.15, 0.2) is 114 Å². The van der Waals surface area contributed by atoms with Gasteiger partial charge in [0.05, 0.1) is 52.4 Å². The molecule has 340 valence electrons. The van der Waals surface area contributed by atoms with Crippen LogP contribution in [0, 0.1) is 18.3 Å². The number of ether oxygens (including phenoxy) is 4. The van der Waals surface area contributed by atoms with Crippen LogP contribution in [0.5, 0.6) is 11.5 Å². The van der Waals surface area contributed by atoms with Gasteiger partial charge in [-0.2, -0.15) is 5.26 Å². The highest BCUT2D eigenvalue weighted by Gasteiger charge is 2.46. The lowest BCUT2D eigenvalue weighted by molar-refractivity contribution is -0.0909. The highest BCUT2D eigenvalue weighted by Crippen LogP contribution is 2.51. The number of aryl methyl sites for hydroxylation is 1. The molecule has 1 aliphatic rings. The minimum atomic E-state index is -1.67. The van der Waals surface area contributed by atoms with Gasteiger partial charge in [-0.25, -0.2) is 24.6 Å². The Kier molecular flexibility index (Phi) is 15.6. The maximum absolute atomic E-state index is 9.53. The first-order chi connectivity index (χ1) is 31.5. The van der Waals surface area contributed by atoms with Crippen molar-refractivity contribution in [2.45, 2.75) is 83.6 Å². The molecule has 1 saturated heterocycles. The van der Waals surface area contributed by atoms with Crippen molar-refractivity contribution in [1.82, 2.24) is 29.1 Å². The molecule has 6 aromatic rings. The summed E-state index contributed by atoms with van der Waals surface area (Å²) in [6, 6.07) is 36.7. The van der Waals surface area contributed by atoms with E-state index >= 15 is 0 Å². The van der Waals surface area contributed by atoms with Crippen molar-refractivity contribution in [1.29, 1.82) is 5.26 Å². The molecular formula is C50H59N8O6P. The van der Waals surface area contributed by atoms with E-state index in [4.69, 9.17) is 38.0 Å². The monoisotopic (exact) mass is 898 g/mol. The van der Waals surface area contributed by atoms with Crippen molar-refractivity contribution in [2.24, 2.45) is 4.99 Å². The molecule has 0 saturated carbocycles. The molecule has 4 atom stereocenters. The van der Waals surface area contributed by atoms with Gasteiger partial charge in [-0.3, -0.25) is 4.57 Å². The molecule has 0 aliphatic carbocycles. The summed E-state index contributed by atoms with van der Waals surface area (Å²) >= 11 is 0. The van der Waals surface area contributed by atoms with Crippen LogP contribution in [0.2, 0.25) is 0 Å². The fraction of sp³-hybridized carbons (Fsp3) is 0.380. The van der Waals surface area contributed by atoms with Crippen molar-refractivity contribution in [2.75, 3.05) is 41.5 Å². The standard InChI is InChI=1S/C50H59N8O6P/c1-34(2)58(35(3)4)65(62-29-13-28-51)64-43-30-45(57-48(37-18-16-36(5)17-19-37)55-46-47(54-33-56(6)7)52-32-53-49(46)57)63-44(43)31-61-50(38-14-11-10-12-15-38,39-20-24-41(59-8)25-21-39)40-22-26-42(60-9)27-23-40/h10-12,14-27,32-35,43-45H,13,29-31H2,1-9H3/t43-,44+,45+,65?/m0/s1. The van der Waals surface area contributed by atoms with Gasteiger partial charge in [0.15, 0.2) is 17.0 Å². The van der Waals surface area contributed by atoms with E-state index in [2.05, 4.69) is 91.7 Å². The fourth-order valence-electron chi connectivity index (χ4n) is 8.15. The highest BCUT2D eigenvalue weighted by atomic mass is 31.2. The van der Waals surface area contributed by atoms with Crippen molar-refractivity contribution < 1.29 is 28.0 Å². The maximum Gasteiger partial charge on any atom is 0.259 e. The minimum absolute atomic E-state index is 0.0791. The molecule has 65 heavy (non-hydrogen) atoms. The van der Waals surface area contributed by atoms with Crippen molar-refractivity contribution in [3.05, 3.63) is 132 Å². The summed E-state index contributed by atoms with van der Waals surface area (Å²) in [5, 5.41) is 9.53. The van der Waals surface area contributed by atoms with Crippen LogP contribution >= 0.6 is 8.53 Å². The average Bonchev–Trinajstić information content (AvgIpc) is 3.90. The largest absolute Gasteiger partial charge is 0.497 e. The first kappa shape index (κ1) is 47.2. The second-order valence-electron chi connectivity index (χ2n) is 16.6. The van der Waals surface area contributed by atoms with Crippen LogP contribution < -0.4 is 9.47 Å². The number of methoxy groups -OCH3 is 2. The lowest BCUT2D eigenvalue weighted by Gasteiger charge is -2.39. The van der Waals surface area contributed by atoms with E-state index in [1.807, 2.05) is 90.3 Å². The molecule has 3 heterocycles. The summed E-state index contributed by atoms with van der Waals surface area (Å²) in [7, 11) is 5.45. The summed E-state index contributed by atoms with van der Waals surface area (Å²) in [5.41, 5.74) is 4.68. The second-order valence-corrected chi connectivity index (χ2v) is 18.0. The molecular weight excluding hydrogens is 840 g/mol. The smallest absolute Gasteiger partial charge is 0.259 e. The Labute approximate surface area is 383 Å². The Hall–Kier alpha value is -5.78.